The van der Waals surface area contributed by atoms with E-state index in [0.29, 0.717) is 5.75 Å². The first kappa shape index (κ1) is 9.65. The number of rotatable bonds is 2. The largest absolute Gasteiger partial charge is 0.454 e. The van der Waals surface area contributed by atoms with E-state index in [1.165, 1.54) is 6.07 Å². The summed E-state index contributed by atoms with van der Waals surface area (Å²) in [5.74, 6) is -0.794. The van der Waals surface area contributed by atoms with Crippen molar-refractivity contribution >= 4 is 0 Å². The molecule has 0 heterocycles. The Morgan fingerprint density at radius 2 is 1.60 bits per heavy atom. The smallest absolute Gasteiger partial charge is 0.168 e. The third-order valence-electron chi connectivity index (χ3n) is 1.86. The van der Waals surface area contributed by atoms with Gasteiger partial charge >= 0.3 is 0 Å². The molecule has 76 valence electrons. The molecular weight excluding hydrogens is 198 g/mol. The molecule has 2 rings (SSSR count). The zero-order valence-electron chi connectivity index (χ0n) is 7.78. The van der Waals surface area contributed by atoms with Crippen LogP contribution in [-0.4, -0.2) is 0 Å². The van der Waals surface area contributed by atoms with Crippen LogP contribution in [0.15, 0.2) is 48.5 Å². The van der Waals surface area contributed by atoms with Crippen LogP contribution in [0.25, 0.3) is 0 Å². The molecule has 0 amide bonds. The Balaban J connectivity index is 2.25. The monoisotopic (exact) mass is 206 g/mol. The molecule has 0 aliphatic heterocycles. The second-order valence-electron chi connectivity index (χ2n) is 2.99. The molecule has 2 aromatic rings. The number of hydrogen-bond acceptors (Lipinski definition) is 1. The molecule has 0 N–H and O–H groups in total. The summed E-state index contributed by atoms with van der Waals surface area (Å²) in [6, 6.07) is 12.0. The van der Waals surface area contributed by atoms with Gasteiger partial charge in [-0.15, -0.1) is 0 Å². The first-order valence-electron chi connectivity index (χ1n) is 4.43. The van der Waals surface area contributed by atoms with Crippen molar-refractivity contribution in [2.24, 2.45) is 0 Å². The number of hydrogen-bond donors (Lipinski definition) is 0. The normalized spacial score (nSPS) is 10.0. The SMILES string of the molecule is Fc1ccc(Oc2ccccc2)c(F)c1. The van der Waals surface area contributed by atoms with Gasteiger partial charge in [-0.1, -0.05) is 18.2 Å². The van der Waals surface area contributed by atoms with Crippen molar-refractivity contribution < 1.29 is 13.5 Å². The molecule has 1 nitrogen and oxygen atoms in total. The van der Waals surface area contributed by atoms with Gasteiger partial charge in [0.05, 0.1) is 0 Å². The summed E-state index contributed by atoms with van der Waals surface area (Å²) >= 11 is 0. The Bertz CT molecular complexity index is 454. The molecule has 0 saturated carbocycles. The van der Waals surface area contributed by atoms with Crippen LogP contribution in [0.1, 0.15) is 0 Å². The summed E-state index contributed by atoms with van der Waals surface area (Å²) in [7, 11) is 0. The highest BCUT2D eigenvalue weighted by atomic mass is 19.1. The Kier molecular flexibility index (Phi) is 2.63. The van der Waals surface area contributed by atoms with Crippen LogP contribution in [0.5, 0.6) is 11.5 Å². The Hall–Kier alpha value is -1.90. The van der Waals surface area contributed by atoms with Crippen LogP contribution in [-0.2, 0) is 0 Å². The lowest BCUT2D eigenvalue weighted by atomic mass is 10.3. The highest BCUT2D eigenvalue weighted by molar-refractivity contribution is 5.31. The highest BCUT2D eigenvalue weighted by Gasteiger charge is 2.05. The first-order chi connectivity index (χ1) is 7.25. The molecule has 0 aliphatic rings. The van der Waals surface area contributed by atoms with E-state index in [4.69, 9.17) is 4.74 Å². The minimum atomic E-state index is -0.709. The van der Waals surface area contributed by atoms with Crippen molar-refractivity contribution in [3.05, 3.63) is 60.2 Å². The van der Waals surface area contributed by atoms with Gasteiger partial charge in [0.2, 0.25) is 0 Å². The van der Waals surface area contributed by atoms with E-state index < -0.39 is 11.6 Å². The van der Waals surface area contributed by atoms with Crippen molar-refractivity contribution in [3.8, 4) is 11.5 Å². The summed E-state index contributed by atoms with van der Waals surface area (Å²) < 4.78 is 31.0. The van der Waals surface area contributed by atoms with Gasteiger partial charge < -0.3 is 4.74 Å². The maximum Gasteiger partial charge on any atom is 0.168 e. The number of ether oxygens (including phenoxy) is 1. The molecule has 15 heavy (non-hydrogen) atoms. The van der Waals surface area contributed by atoms with Crippen molar-refractivity contribution in [1.29, 1.82) is 0 Å². The van der Waals surface area contributed by atoms with Crippen LogP contribution in [0, 0.1) is 11.6 Å². The highest BCUT2D eigenvalue weighted by Crippen LogP contribution is 2.24. The van der Waals surface area contributed by atoms with Gasteiger partial charge in [0.1, 0.15) is 11.6 Å². The Morgan fingerprint density at radius 1 is 0.867 bits per heavy atom. The minimum absolute atomic E-state index is 0.0163. The molecular formula is C12H8F2O. The predicted molar refractivity (Wildman–Crippen MR) is 52.9 cm³/mol. The van der Waals surface area contributed by atoms with E-state index in [1.807, 2.05) is 6.07 Å². The van der Waals surface area contributed by atoms with Crippen molar-refractivity contribution in [3.63, 3.8) is 0 Å². The molecule has 0 atom stereocenters. The van der Waals surface area contributed by atoms with Crippen LogP contribution < -0.4 is 4.74 Å². The predicted octanol–water partition coefficient (Wildman–Crippen LogP) is 3.76. The zero-order chi connectivity index (χ0) is 10.7. The van der Waals surface area contributed by atoms with Gasteiger partial charge in [0, 0.05) is 6.07 Å². The van der Waals surface area contributed by atoms with Gasteiger partial charge in [0.25, 0.3) is 0 Å². The average Bonchev–Trinajstić information content (AvgIpc) is 2.24. The van der Waals surface area contributed by atoms with E-state index in [0.717, 1.165) is 12.1 Å². The second-order valence-corrected chi connectivity index (χ2v) is 2.99. The molecule has 0 spiro atoms. The number of para-hydroxylation sites is 1. The topological polar surface area (TPSA) is 9.23 Å². The van der Waals surface area contributed by atoms with E-state index in [2.05, 4.69) is 0 Å². The molecule has 3 heteroatoms. The molecule has 0 aromatic heterocycles. The van der Waals surface area contributed by atoms with E-state index in [1.54, 1.807) is 24.3 Å². The standard InChI is InChI=1S/C12H8F2O/c13-9-6-7-12(11(14)8-9)15-10-4-2-1-3-5-10/h1-8H. The van der Waals surface area contributed by atoms with Crippen LogP contribution in [0.3, 0.4) is 0 Å². The Morgan fingerprint density at radius 3 is 2.27 bits per heavy atom. The average molecular weight is 206 g/mol. The van der Waals surface area contributed by atoms with Gasteiger partial charge in [-0.3, -0.25) is 0 Å². The molecule has 0 bridgehead atoms. The number of halogens is 2. The fourth-order valence-electron chi connectivity index (χ4n) is 1.17. The maximum absolute atomic E-state index is 13.2. The fraction of sp³-hybridized carbons (Fsp3) is 0. The summed E-state index contributed by atoms with van der Waals surface area (Å²) in [5.41, 5.74) is 0. The lowest BCUT2D eigenvalue weighted by Gasteiger charge is -2.05. The maximum atomic E-state index is 13.2. The molecule has 0 fully saturated rings. The van der Waals surface area contributed by atoms with E-state index in [9.17, 15) is 8.78 Å². The van der Waals surface area contributed by atoms with Gasteiger partial charge in [-0.25, -0.2) is 8.78 Å². The van der Waals surface area contributed by atoms with Crippen LogP contribution in [0.2, 0.25) is 0 Å². The fourth-order valence-corrected chi connectivity index (χ4v) is 1.17. The summed E-state index contributed by atoms with van der Waals surface area (Å²) in [5, 5.41) is 0. The van der Waals surface area contributed by atoms with E-state index in [-0.39, 0.29) is 5.75 Å². The molecule has 0 saturated heterocycles. The molecule has 2 aromatic carbocycles. The van der Waals surface area contributed by atoms with Crippen LogP contribution >= 0.6 is 0 Å². The summed E-state index contributed by atoms with van der Waals surface area (Å²) in [6.07, 6.45) is 0. The van der Waals surface area contributed by atoms with Gasteiger partial charge in [-0.2, -0.15) is 0 Å². The van der Waals surface area contributed by atoms with Crippen molar-refractivity contribution in [2.75, 3.05) is 0 Å². The number of benzene rings is 2. The van der Waals surface area contributed by atoms with Gasteiger partial charge in [-0.05, 0) is 24.3 Å². The Labute approximate surface area is 85.9 Å². The molecule has 0 unspecified atom stereocenters. The summed E-state index contributed by atoms with van der Waals surface area (Å²) in [4.78, 5) is 0. The third kappa shape index (κ3) is 2.31. The quantitative estimate of drug-likeness (QED) is 0.726. The van der Waals surface area contributed by atoms with Crippen LogP contribution in [0.4, 0.5) is 8.78 Å². The third-order valence-corrected chi connectivity index (χ3v) is 1.86. The minimum Gasteiger partial charge on any atom is -0.454 e. The molecule has 0 aliphatic carbocycles. The van der Waals surface area contributed by atoms with Crippen molar-refractivity contribution in [1.82, 2.24) is 0 Å². The lowest BCUT2D eigenvalue weighted by Crippen LogP contribution is -1.88. The first-order valence-corrected chi connectivity index (χ1v) is 4.43. The lowest BCUT2D eigenvalue weighted by molar-refractivity contribution is 0.437. The van der Waals surface area contributed by atoms with E-state index >= 15 is 0 Å². The molecule has 0 radical (unpaired) electrons. The van der Waals surface area contributed by atoms with Gasteiger partial charge in [0.15, 0.2) is 11.6 Å². The zero-order valence-corrected chi connectivity index (χ0v) is 7.78. The van der Waals surface area contributed by atoms with Crippen molar-refractivity contribution in [2.45, 2.75) is 0 Å². The summed E-state index contributed by atoms with van der Waals surface area (Å²) in [6.45, 7) is 0. The second kappa shape index (κ2) is 4.09.